The van der Waals surface area contributed by atoms with E-state index in [9.17, 15) is 0 Å². The molecular weight excluding hydrogens is 178 g/mol. The molecule has 1 fully saturated rings. The second kappa shape index (κ2) is 3.46. The highest BCUT2D eigenvalue weighted by molar-refractivity contribution is 5.47. The van der Waals surface area contributed by atoms with Crippen LogP contribution in [0.2, 0.25) is 0 Å². The van der Waals surface area contributed by atoms with Gasteiger partial charge in [0.2, 0.25) is 0 Å². The minimum Gasteiger partial charge on any atom is -0.394 e. The number of nitrogens with one attached hydrogen (secondary N) is 2. The summed E-state index contributed by atoms with van der Waals surface area (Å²) in [5.74, 6) is 1.66. The van der Waals surface area contributed by atoms with Gasteiger partial charge in [0.05, 0.1) is 12.1 Å². The second-order valence-corrected chi connectivity index (χ2v) is 3.72. The van der Waals surface area contributed by atoms with Gasteiger partial charge in [-0.25, -0.2) is 4.98 Å². The van der Waals surface area contributed by atoms with Gasteiger partial charge < -0.3 is 15.7 Å². The zero-order valence-corrected chi connectivity index (χ0v) is 8.25. The van der Waals surface area contributed by atoms with Crippen molar-refractivity contribution >= 4 is 11.6 Å². The Morgan fingerprint density at radius 1 is 1.43 bits per heavy atom. The van der Waals surface area contributed by atoms with Gasteiger partial charge in [-0.1, -0.05) is 6.07 Å². The molecule has 76 valence electrons. The van der Waals surface area contributed by atoms with E-state index in [1.165, 1.54) is 0 Å². The van der Waals surface area contributed by atoms with Crippen LogP contribution in [-0.2, 0) is 0 Å². The Bertz CT molecular complexity index is 323. The molecule has 0 saturated heterocycles. The lowest BCUT2D eigenvalue weighted by Gasteiger charge is -2.15. The molecule has 1 aromatic rings. The number of aliphatic hydroxyl groups is 1. The summed E-state index contributed by atoms with van der Waals surface area (Å²) in [6, 6.07) is 5.76. The van der Waals surface area contributed by atoms with Crippen molar-refractivity contribution in [2.75, 3.05) is 24.3 Å². The molecule has 1 heterocycles. The highest BCUT2D eigenvalue weighted by Gasteiger charge is 2.42. The molecule has 1 aliphatic rings. The van der Waals surface area contributed by atoms with Gasteiger partial charge in [-0.05, 0) is 25.0 Å². The lowest BCUT2D eigenvalue weighted by Crippen LogP contribution is -2.26. The molecular formula is C10H15N3O. The molecule has 14 heavy (non-hydrogen) atoms. The maximum atomic E-state index is 9.14. The average molecular weight is 193 g/mol. The van der Waals surface area contributed by atoms with Crippen LogP contribution in [0.25, 0.3) is 0 Å². The van der Waals surface area contributed by atoms with Gasteiger partial charge in [0.1, 0.15) is 11.6 Å². The number of rotatable bonds is 4. The van der Waals surface area contributed by atoms with Crippen LogP contribution in [-0.4, -0.2) is 29.3 Å². The summed E-state index contributed by atoms with van der Waals surface area (Å²) in [4.78, 5) is 4.33. The number of anilines is 2. The Balaban J connectivity index is 2.09. The number of aliphatic hydroxyl groups excluding tert-OH is 1. The molecule has 0 aromatic carbocycles. The summed E-state index contributed by atoms with van der Waals surface area (Å²) >= 11 is 0. The zero-order valence-electron chi connectivity index (χ0n) is 8.25. The van der Waals surface area contributed by atoms with Crippen molar-refractivity contribution in [1.29, 1.82) is 0 Å². The van der Waals surface area contributed by atoms with E-state index in [2.05, 4.69) is 15.6 Å². The van der Waals surface area contributed by atoms with E-state index in [1.54, 1.807) is 0 Å². The first-order valence-electron chi connectivity index (χ1n) is 4.82. The summed E-state index contributed by atoms with van der Waals surface area (Å²) in [5, 5.41) is 15.4. The summed E-state index contributed by atoms with van der Waals surface area (Å²) in [5.41, 5.74) is -0.0979. The van der Waals surface area contributed by atoms with Crippen LogP contribution < -0.4 is 10.6 Å². The van der Waals surface area contributed by atoms with Crippen LogP contribution in [0, 0.1) is 0 Å². The Kier molecular flexibility index (Phi) is 2.29. The number of nitrogens with zero attached hydrogens (tertiary/aromatic N) is 1. The average Bonchev–Trinajstić information content (AvgIpc) is 2.99. The third kappa shape index (κ3) is 1.80. The van der Waals surface area contributed by atoms with E-state index in [0.29, 0.717) is 0 Å². The molecule has 0 amide bonds. The normalized spacial score (nSPS) is 17.6. The van der Waals surface area contributed by atoms with Crippen LogP contribution in [0.3, 0.4) is 0 Å². The van der Waals surface area contributed by atoms with Crippen molar-refractivity contribution < 1.29 is 5.11 Å². The van der Waals surface area contributed by atoms with Gasteiger partial charge in [0.25, 0.3) is 0 Å². The van der Waals surface area contributed by atoms with Crippen LogP contribution in [0.15, 0.2) is 18.2 Å². The van der Waals surface area contributed by atoms with Gasteiger partial charge >= 0.3 is 0 Å². The second-order valence-electron chi connectivity index (χ2n) is 3.72. The Morgan fingerprint density at radius 3 is 2.71 bits per heavy atom. The number of pyridine rings is 1. The minimum atomic E-state index is -0.0979. The Labute approximate surface area is 83.4 Å². The molecule has 1 saturated carbocycles. The predicted molar refractivity (Wildman–Crippen MR) is 56.5 cm³/mol. The summed E-state index contributed by atoms with van der Waals surface area (Å²) in [6.07, 6.45) is 2.05. The van der Waals surface area contributed by atoms with Crippen LogP contribution in [0.5, 0.6) is 0 Å². The highest BCUT2D eigenvalue weighted by Crippen LogP contribution is 2.37. The molecule has 0 spiro atoms. The van der Waals surface area contributed by atoms with Gasteiger partial charge in [-0.3, -0.25) is 0 Å². The minimum absolute atomic E-state index is 0.0979. The molecule has 1 aliphatic carbocycles. The largest absolute Gasteiger partial charge is 0.394 e. The van der Waals surface area contributed by atoms with E-state index >= 15 is 0 Å². The highest BCUT2D eigenvalue weighted by atomic mass is 16.3. The van der Waals surface area contributed by atoms with E-state index in [1.807, 2.05) is 25.2 Å². The molecule has 0 bridgehead atoms. The van der Waals surface area contributed by atoms with Crippen molar-refractivity contribution in [1.82, 2.24) is 4.98 Å². The SMILES string of the molecule is CNc1cccc(NC2(CO)CC2)n1. The fourth-order valence-corrected chi connectivity index (χ4v) is 1.39. The number of aromatic nitrogens is 1. The van der Waals surface area contributed by atoms with E-state index in [0.717, 1.165) is 24.5 Å². The number of hydrogen-bond donors (Lipinski definition) is 3. The van der Waals surface area contributed by atoms with Crippen molar-refractivity contribution in [3.8, 4) is 0 Å². The van der Waals surface area contributed by atoms with Crippen molar-refractivity contribution in [3.05, 3.63) is 18.2 Å². The van der Waals surface area contributed by atoms with Crippen LogP contribution >= 0.6 is 0 Å². The lowest BCUT2D eigenvalue weighted by molar-refractivity contribution is 0.266. The molecule has 4 nitrogen and oxygen atoms in total. The van der Waals surface area contributed by atoms with Gasteiger partial charge in [0, 0.05) is 7.05 Å². The quantitative estimate of drug-likeness (QED) is 0.669. The van der Waals surface area contributed by atoms with E-state index < -0.39 is 0 Å². The molecule has 0 aliphatic heterocycles. The zero-order chi connectivity index (χ0) is 10.0. The fourth-order valence-electron chi connectivity index (χ4n) is 1.39. The van der Waals surface area contributed by atoms with Crippen molar-refractivity contribution in [3.63, 3.8) is 0 Å². The van der Waals surface area contributed by atoms with Gasteiger partial charge in [-0.2, -0.15) is 0 Å². The molecule has 3 N–H and O–H groups in total. The standard InChI is InChI=1S/C10H15N3O/c1-11-8-3-2-4-9(12-8)13-10(7-14)5-6-10/h2-4,14H,5-7H2,1H3,(H2,11,12,13). The topological polar surface area (TPSA) is 57.2 Å². The van der Waals surface area contributed by atoms with E-state index in [4.69, 9.17) is 5.11 Å². The lowest BCUT2D eigenvalue weighted by atomic mass is 10.3. The monoisotopic (exact) mass is 193 g/mol. The smallest absolute Gasteiger partial charge is 0.128 e. The van der Waals surface area contributed by atoms with Crippen molar-refractivity contribution in [2.45, 2.75) is 18.4 Å². The van der Waals surface area contributed by atoms with Crippen LogP contribution in [0.4, 0.5) is 11.6 Å². The maximum Gasteiger partial charge on any atom is 0.128 e. The maximum absolute atomic E-state index is 9.14. The number of hydrogen-bond acceptors (Lipinski definition) is 4. The Hall–Kier alpha value is -1.29. The summed E-state index contributed by atoms with van der Waals surface area (Å²) in [7, 11) is 1.84. The van der Waals surface area contributed by atoms with Gasteiger partial charge in [0.15, 0.2) is 0 Å². The molecule has 1 aromatic heterocycles. The summed E-state index contributed by atoms with van der Waals surface area (Å²) < 4.78 is 0. The molecule has 0 unspecified atom stereocenters. The molecule has 2 rings (SSSR count). The Morgan fingerprint density at radius 2 is 2.14 bits per heavy atom. The van der Waals surface area contributed by atoms with Crippen molar-refractivity contribution in [2.24, 2.45) is 0 Å². The predicted octanol–water partition coefficient (Wildman–Crippen LogP) is 1.06. The third-order valence-corrected chi connectivity index (χ3v) is 2.55. The molecule has 0 radical (unpaired) electrons. The molecule has 0 atom stereocenters. The first-order valence-corrected chi connectivity index (χ1v) is 4.82. The fraction of sp³-hybridized carbons (Fsp3) is 0.500. The van der Waals surface area contributed by atoms with Crippen LogP contribution in [0.1, 0.15) is 12.8 Å². The summed E-state index contributed by atoms with van der Waals surface area (Å²) in [6.45, 7) is 0.179. The molecule has 4 heteroatoms. The third-order valence-electron chi connectivity index (χ3n) is 2.55. The first kappa shape index (κ1) is 9.27. The van der Waals surface area contributed by atoms with Gasteiger partial charge in [-0.15, -0.1) is 0 Å². The first-order chi connectivity index (χ1) is 6.78. The van der Waals surface area contributed by atoms with E-state index in [-0.39, 0.29) is 12.1 Å².